The fraction of sp³-hybridized carbons (Fsp3) is 0.867. The van der Waals surface area contributed by atoms with E-state index < -0.39 is 89.2 Å². The van der Waals surface area contributed by atoms with Crippen LogP contribution in [-0.2, 0) is 39.8 Å². The van der Waals surface area contributed by atoms with Crippen molar-refractivity contribution in [3.8, 4) is 0 Å². The van der Waals surface area contributed by atoms with Crippen LogP contribution in [0.5, 0.6) is 0 Å². The minimum Gasteiger partial charge on any atom is -0.459 e. The summed E-state index contributed by atoms with van der Waals surface area (Å²) in [7, 11) is 5.42. The Balaban J connectivity index is 1.76. The molecule has 17 atom stereocenters. The number of pyridine rings is 1. The summed E-state index contributed by atoms with van der Waals surface area (Å²) < 4.78 is 39.1. The van der Waals surface area contributed by atoms with Crippen molar-refractivity contribution in [1.29, 1.82) is 0 Å². The van der Waals surface area contributed by atoms with Crippen LogP contribution in [0.25, 0.3) is 0 Å². The van der Waals surface area contributed by atoms with Crippen molar-refractivity contribution in [2.24, 2.45) is 23.2 Å². The minimum atomic E-state index is -1.76. The number of nitrogens with zero attached hydrogens (tertiary/aromatic N) is 2. The van der Waals surface area contributed by atoms with Gasteiger partial charge in [0.2, 0.25) is 0 Å². The van der Waals surface area contributed by atoms with Gasteiger partial charge >= 0.3 is 5.97 Å². The Hall–Kier alpha value is -1.86. The van der Waals surface area contributed by atoms with E-state index in [1.54, 1.807) is 40.3 Å². The van der Waals surface area contributed by atoms with Gasteiger partial charge in [-0.2, -0.15) is 0 Å². The Morgan fingerprint density at radius 1 is 0.983 bits per heavy atom. The van der Waals surface area contributed by atoms with Crippen molar-refractivity contribution >= 4 is 5.97 Å². The van der Waals surface area contributed by atoms with Crippen LogP contribution < -0.4 is 10.6 Å². The molecule has 0 radical (unpaired) electrons. The smallest absolute Gasteiger partial charge is 0.311 e. The second kappa shape index (κ2) is 20.8. The van der Waals surface area contributed by atoms with E-state index in [-0.39, 0.29) is 43.5 Å². The Morgan fingerprint density at radius 3 is 2.23 bits per heavy atom. The summed E-state index contributed by atoms with van der Waals surface area (Å²) in [6.45, 7) is 21.8. The first-order valence-electron chi connectivity index (χ1n) is 22.1. The molecule has 0 aromatic carbocycles. The van der Waals surface area contributed by atoms with E-state index in [0.717, 1.165) is 5.56 Å². The number of carbonyl (C=O) groups excluding carboxylic acids is 1. The molecule has 0 aliphatic carbocycles. The topological polar surface area (TPSA) is 194 Å². The highest BCUT2D eigenvalue weighted by Crippen LogP contribution is 2.44. The van der Waals surface area contributed by atoms with E-state index in [4.69, 9.17) is 28.4 Å². The van der Waals surface area contributed by atoms with Gasteiger partial charge in [-0.15, -0.1) is 0 Å². The number of aliphatic hydroxyl groups excluding tert-OH is 2. The summed E-state index contributed by atoms with van der Waals surface area (Å²) in [5, 5.41) is 54.2. The van der Waals surface area contributed by atoms with Crippen molar-refractivity contribution < 1.29 is 53.6 Å². The number of hydrogen-bond donors (Lipinski definition) is 6. The number of esters is 1. The number of rotatable bonds is 11. The Bertz CT molecular complexity index is 1490. The van der Waals surface area contributed by atoms with E-state index in [1.165, 1.54) is 6.92 Å². The molecule has 4 rings (SSSR count). The predicted octanol–water partition coefficient (Wildman–Crippen LogP) is 3.39. The molecule has 15 heteroatoms. The van der Waals surface area contributed by atoms with E-state index in [9.17, 15) is 25.2 Å². The summed E-state index contributed by atoms with van der Waals surface area (Å²) in [4.78, 5) is 20.5. The maximum Gasteiger partial charge on any atom is 0.311 e. The van der Waals surface area contributed by atoms with Crippen LogP contribution >= 0.6 is 0 Å². The summed E-state index contributed by atoms with van der Waals surface area (Å²) in [5.41, 5.74) is -3.99. The van der Waals surface area contributed by atoms with Crippen molar-refractivity contribution in [3.05, 3.63) is 30.1 Å². The molecule has 346 valence electrons. The van der Waals surface area contributed by atoms with Crippen LogP contribution in [0.1, 0.15) is 107 Å². The average Bonchev–Trinajstić information content (AvgIpc) is 3.19. The number of methoxy groups -OCH3 is 1. The van der Waals surface area contributed by atoms with Gasteiger partial charge in [0, 0.05) is 63.6 Å². The lowest BCUT2D eigenvalue weighted by molar-refractivity contribution is -0.334. The standard InChI is InChI=1S/C45H80N4O11/c1-15-34-44(11,53)38(51)26(2)23-48-27(3)21-42(8,9)39(60-41-36(50)33(49(12)13)20-28(4)56-41)29(5)37(30(6)40(52)58-34)59-35-22-43(10,55-14)45(54,31(7)57-35)25-47-24-32-16-18-46-19-17-32/h16-19,26-31,33-39,41,47-48,50-51,53-54H,15,20-25H2,1-14H3/t26-,27+,28+,29-,30+,31-,33-,34+,35+,36+,37+,38+,39+,41-,43-,44+,45+/m0/s1. The zero-order chi connectivity index (χ0) is 45.0. The minimum absolute atomic E-state index is 0.0694. The van der Waals surface area contributed by atoms with Crippen LogP contribution in [-0.4, -0.2) is 155 Å². The third-order valence-corrected chi connectivity index (χ3v) is 14.0. The fourth-order valence-electron chi connectivity index (χ4n) is 9.99. The van der Waals surface area contributed by atoms with Gasteiger partial charge in [0.15, 0.2) is 12.6 Å². The highest BCUT2D eigenvalue weighted by atomic mass is 16.7. The predicted molar refractivity (Wildman–Crippen MR) is 228 cm³/mol. The molecule has 1 aromatic rings. The molecule has 3 fully saturated rings. The third-order valence-electron chi connectivity index (χ3n) is 14.0. The number of hydrogen-bond acceptors (Lipinski definition) is 15. The zero-order valence-electron chi connectivity index (χ0n) is 38.9. The normalized spacial score (nSPS) is 43.8. The van der Waals surface area contributed by atoms with Gasteiger partial charge in [0.05, 0.1) is 36.4 Å². The number of carbonyl (C=O) groups is 1. The molecule has 4 heterocycles. The summed E-state index contributed by atoms with van der Waals surface area (Å²) in [6.07, 6.45) is -2.63. The SMILES string of the molecule is CC[C@H]1OC(=O)[C@H](C)[C@H](O[C@@H]2C[C@](C)(OC)[C@@](O)(CNCc3ccncc3)[C@H](C)O2)[C@H](C)[C@@H](O[C@@H]2O[C@H](C)C[C@H](N(C)C)[C@H]2O)C(C)(C)C[C@@H](C)NC[C@H](C)[C@@H](O)[C@]1(C)O. The van der Waals surface area contributed by atoms with Gasteiger partial charge in [-0.1, -0.05) is 34.6 Å². The van der Waals surface area contributed by atoms with Gasteiger partial charge in [0.25, 0.3) is 0 Å². The largest absolute Gasteiger partial charge is 0.459 e. The molecule has 0 bridgehead atoms. The molecule has 15 nitrogen and oxygen atoms in total. The molecule has 0 spiro atoms. The lowest BCUT2D eigenvalue weighted by Crippen LogP contribution is -2.70. The Kier molecular flexibility index (Phi) is 17.6. The van der Waals surface area contributed by atoms with E-state index in [0.29, 0.717) is 25.9 Å². The number of cyclic esters (lactones) is 1. The number of aliphatic hydroxyl groups is 4. The molecule has 60 heavy (non-hydrogen) atoms. The highest BCUT2D eigenvalue weighted by molar-refractivity contribution is 5.73. The second-order valence-corrected chi connectivity index (χ2v) is 19.6. The molecule has 0 amide bonds. The van der Waals surface area contributed by atoms with Crippen LogP contribution in [0.3, 0.4) is 0 Å². The first-order valence-corrected chi connectivity index (χ1v) is 22.1. The van der Waals surface area contributed by atoms with Gasteiger partial charge in [-0.05, 0) is 104 Å². The molecular weight excluding hydrogens is 773 g/mol. The number of likely N-dealkylation sites (N-methyl/N-ethyl adjacent to an activating group) is 1. The van der Waals surface area contributed by atoms with Crippen molar-refractivity contribution in [2.75, 3.05) is 34.3 Å². The van der Waals surface area contributed by atoms with Crippen molar-refractivity contribution in [3.63, 3.8) is 0 Å². The first-order chi connectivity index (χ1) is 27.9. The van der Waals surface area contributed by atoms with Crippen molar-refractivity contribution in [1.82, 2.24) is 20.5 Å². The lowest BCUT2D eigenvalue weighted by Gasteiger charge is -2.54. The average molecular weight is 853 g/mol. The number of nitrogens with one attached hydrogen (secondary N) is 2. The van der Waals surface area contributed by atoms with Crippen LogP contribution in [0.4, 0.5) is 0 Å². The molecular formula is C45H80N4O11. The van der Waals surface area contributed by atoms with E-state index in [2.05, 4.69) is 36.4 Å². The molecule has 0 saturated carbocycles. The van der Waals surface area contributed by atoms with Crippen LogP contribution in [0.2, 0.25) is 0 Å². The van der Waals surface area contributed by atoms with Gasteiger partial charge in [0.1, 0.15) is 29.0 Å². The quantitative estimate of drug-likeness (QED) is 0.178. The summed E-state index contributed by atoms with van der Waals surface area (Å²) in [5.74, 6) is -2.50. The monoisotopic (exact) mass is 853 g/mol. The Labute approximate surface area is 359 Å². The van der Waals surface area contributed by atoms with E-state index in [1.807, 2.05) is 58.8 Å². The van der Waals surface area contributed by atoms with Gasteiger partial charge < -0.3 is 64.4 Å². The number of ether oxygens (including phenoxy) is 6. The van der Waals surface area contributed by atoms with Crippen LogP contribution in [0.15, 0.2) is 24.5 Å². The Morgan fingerprint density at radius 2 is 1.63 bits per heavy atom. The zero-order valence-corrected chi connectivity index (χ0v) is 38.9. The lowest BCUT2D eigenvalue weighted by atomic mass is 9.72. The fourth-order valence-corrected chi connectivity index (χ4v) is 9.99. The first kappa shape index (κ1) is 50.8. The van der Waals surface area contributed by atoms with E-state index >= 15 is 0 Å². The second-order valence-electron chi connectivity index (χ2n) is 19.6. The molecule has 0 unspecified atom stereocenters. The highest BCUT2D eigenvalue weighted by Gasteiger charge is 2.58. The molecule has 6 N–H and O–H groups in total. The maximum absolute atomic E-state index is 14.5. The molecule has 3 saturated heterocycles. The van der Waals surface area contributed by atoms with Gasteiger partial charge in [-0.3, -0.25) is 9.78 Å². The van der Waals surface area contributed by atoms with Crippen LogP contribution in [0, 0.1) is 23.2 Å². The molecule has 3 aliphatic heterocycles. The summed E-state index contributed by atoms with van der Waals surface area (Å²) in [6, 6.07) is 3.53. The maximum atomic E-state index is 14.5. The molecule has 1 aromatic heterocycles. The number of aromatic nitrogens is 1. The van der Waals surface area contributed by atoms with Crippen molar-refractivity contribution in [2.45, 2.75) is 193 Å². The molecule has 3 aliphatic rings. The summed E-state index contributed by atoms with van der Waals surface area (Å²) >= 11 is 0. The third kappa shape index (κ3) is 11.4. The van der Waals surface area contributed by atoms with Gasteiger partial charge in [-0.25, -0.2) is 0 Å².